The summed E-state index contributed by atoms with van der Waals surface area (Å²) in [6, 6.07) is 1.57. The number of nitrogens with one attached hydrogen (secondary N) is 1. The van der Waals surface area contributed by atoms with E-state index in [0.29, 0.717) is 29.5 Å². The van der Waals surface area contributed by atoms with Gasteiger partial charge in [0.2, 0.25) is 5.89 Å². The molecule has 29 heavy (non-hydrogen) atoms. The third-order valence-electron chi connectivity index (χ3n) is 4.94. The van der Waals surface area contributed by atoms with Gasteiger partial charge in [0.25, 0.3) is 0 Å². The molecule has 152 valence electrons. The van der Waals surface area contributed by atoms with Crippen molar-refractivity contribution in [2.75, 3.05) is 18.0 Å². The highest BCUT2D eigenvalue weighted by atomic mass is 16.5. The number of rotatable bonds is 6. The first-order chi connectivity index (χ1) is 13.9. The molecule has 0 radical (unpaired) electrons. The average Bonchev–Trinajstić information content (AvgIpc) is 3.07. The maximum absolute atomic E-state index is 8.64. The SMILES string of the molecule is Cc1noc(C2CN(c3cc(C(=N)C4=CC(OC(C)C)=CCC4N)ncn3)C2)n1. The van der Waals surface area contributed by atoms with Crippen LogP contribution in [-0.4, -0.2) is 51.1 Å². The van der Waals surface area contributed by atoms with E-state index >= 15 is 0 Å². The standard InChI is InChI=1S/C20H25N7O2/c1-11(2)28-14-4-5-16(21)15(6-14)19(22)17-7-18(24-10-23-17)27-8-13(9-27)20-25-12(3)26-29-20/h4,6-7,10-11,13,16,22H,5,8-9,21H2,1-3H3. The Morgan fingerprint density at radius 1 is 1.34 bits per heavy atom. The highest BCUT2D eigenvalue weighted by Gasteiger charge is 2.33. The van der Waals surface area contributed by atoms with Crippen LogP contribution >= 0.6 is 0 Å². The van der Waals surface area contributed by atoms with Crippen LogP contribution in [0.4, 0.5) is 5.82 Å². The maximum Gasteiger partial charge on any atom is 0.233 e. The third-order valence-corrected chi connectivity index (χ3v) is 4.94. The van der Waals surface area contributed by atoms with E-state index in [4.69, 9.17) is 20.4 Å². The van der Waals surface area contributed by atoms with E-state index in [0.717, 1.165) is 30.2 Å². The minimum Gasteiger partial charge on any atom is -0.491 e. The minimum absolute atomic E-state index is 0.0647. The minimum atomic E-state index is -0.255. The lowest BCUT2D eigenvalue weighted by Gasteiger charge is -2.38. The van der Waals surface area contributed by atoms with Gasteiger partial charge in [0.05, 0.1) is 23.4 Å². The van der Waals surface area contributed by atoms with Crippen molar-refractivity contribution >= 4 is 11.5 Å². The Kier molecular flexibility index (Phi) is 5.14. The zero-order chi connectivity index (χ0) is 20.5. The molecule has 3 N–H and O–H groups in total. The fourth-order valence-corrected chi connectivity index (χ4v) is 3.41. The summed E-state index contributed by atoms with van der Waals surface area (Å²) in [6.45, 7) is 7.23. The second kappa shape index (κ2) is 7.75. The van der Waals surface area contributed by atoms with E-state index in [1.807, 2.05) is 39.0 Å². The molecule has 4 rings (SSSR count). The fourth-order valence-electron chi connectivity index (χ4n) is 3.41. The number of anilines is 1. The quantitative estimate of drug-likeness (QED) is 0.712. The van der Waals surface area contributed by atoms with E-state index in [-0.39, 0.29) is 18.1 Å². The van der Waals surface area contributed by atoms with Gasteiger partial charge in [0.15, 0.2) is 5.82 Å². The Morgan fingerprint density at radius 2 is 2.14 bits per heavy atom. The number of aryl methyl sites for hydroxylation is 1. The maximum atomic E-state index is 8.64. The van der Waals surface area contributed by atoms with Crippen molar-refractivity contribution in [3.05, 3.63) is 53.3 Å². The highest BCUT2D eigenvalue weighted by molar-refractivity contribution is 6.10. The second-order valence-corrected chi connectivity index (χ2v) is 7.63. The number of allylic oxidation sites excluding steroid dienone is 1. The Labute approximate surface area is 169 Å². The first-order valence-electron chi connectivity index (χ1n) is 9.71. The van der Waals surface area contributed by atoms with Crippen LogP contribution in [0.5, 0.6) is 0 Å². The number of nitrogens with two attached hydrogens (primary N) is 1. The molecule has 2 aromatic heterocycles. The molecule has 3 heterocycles. The third kappa shape index (κ3) is 4.04. The summed E-state index contributed by atoms with van der Waals surface area (Å²) in [7, 11) is 0. The van der Waals surface area contributed by atoms with Gasteiger partial charge in [-0.15, -0.1) is 0 Å². The number of nitrogens with zero attached hydrogens (tertiary/aromatic N) is 5. The molecule has 2 aromatic rings. The lowest BCUT2D eigenvalue weighted by Crippen LogP contribution is -2.45. The van der Waals surface area contributed by atoms with Gasteiger partial charge < -0.3 is 19.9 Å². The number of ether oxygens (including phenoxy) is 1. The van der Waals surface area contributed by atoms with Crippen LogP contribution in [0.15, 0.2) is 40.4 Å². The summed E-state index contributed by atoms with van der Waals surface area (Å²) in [4.78, 5) is 15.1. The Morgan fingerprint density at radius 3 is 2.83 bits per heavy atom. The number of aromatic nitrogens is 4. The van der Waals surface area contributed by atoms with E-state index in [9.17, 15) is 0 Å². The summed E-state index contributed by atoms with van der Waals surface area (Å²) in [5, 5.41) is 12.5. The molecule has 9 nitrogen and oxygen atoms in total. The van der Waals surface area contributed by atoms with Crippen LogP contribution in [0.1, 0.15) is 43.6 Å². The van der Waals surface area contributed by atoms with Crippen molar-refractivity contribution in [3.63, 3.8) is 0 Å². The molecule has 0 amide bonds. The molecule has 1 unspecified atom stereocenters. The summed E-state index contributed by atoms with van der Waals surface area (Å²) < 4.78 is 11.0. The molecule has 1 saturated heterocycles. The molecular formula is C20H25N7O2. The van der Waals surface area contributed by atoms with Gasteiger partial charge in [-0.2, -0.15) is 4.98 Å². The number of hydrogen-bond acceptors (Lipinski definition) is 9. The molecule has 2 aliphatic rings. The molecule has 9 heteroatoms. The highest BCUT2D eigenvalue weighted by Crippen LogP contribution is 2.30. The van der Waals surface area contributed by atoms with E-state index in [1.165, 1.54) is 6.33 Å². The molecule has 0 spiro atoms. The van der Waals surface area contributed by atoms with E-state index in [1.54, 1.807) is 0 Å². The normalized spacial score (nSPS) is 19.6. The second-order valence-electron chi connectivity index (χ2n) is 7.63. The predicted molar refractivity (Wildman–Crippen MR) is 108 cm³/mol. The monoisotopic (exact) mass is 395 g/mol. The van der Waals surface area contributed by atoms with Gasteiger partial charge in [-0.05, 0) is 44.9 Å². The zero-order valence-corrected chi connectivity index (χ0v) is 16.8. The average molecular weight is 395 g/mol. The van der Waals surface area contributed by atoms with Crippen molar-refractivity contribution in [2.24, 2.45) is 5.73 Å². The summed E-state index contributed by atoms with van der Waals surface area (Å²) in [6.07, 6.45) is 5.99. The summed E-state index contributed by atoms with van der Waals surface area (Å²) >= 11 is 0. The van der Waals surface area contributed by atoms with Gasteiger partial charge in [-0.1, -0.05) is 5.16 Å². The topological polar surface area (TPSA) is 127 Å². The zero-order valence-electron chi connectivity index (χ0n) is 16.8. The van der Waals surface area contributed by atoms with Crippen LogP contribution < -0.4 is 10.6 Å². The Bertz CT molecular complexity index is 973. The van der Waals surface area contributed by atoms with E-state index < -0.39 is 0 Å². The first-order valence-corrected chi connectivity index (χ1v) is 9.71. The molecule has 0 aromatic carbocycles. The van der Waals surface area contributed by atoms with Crippen molar-refractivity contribution in [3.8, 4) is 0 Å². The smallest absolute Gasteiger partial charge is 0.233 e. The molecule has 0 saturated carbocycles. The fraction of sp³-hybridized carbons (Fsp3) is 0.450. The number of hydrogen-bond donors (Lipinski definition) is 2. The van der Waals surface area contributed by atoms with Gasteiger partial charge in [-0.3, -0.25) is 5.41 Å². The largest absolute Gasteiger partial charge is 0.491 e. The van der Waals surface area contributed by atoms with Gasteiger partial charge in [0.1, 0.15) is 17.9 Å². The van der Waals surface area contributed by atoms with Crippen molar-refractivity contribution in [1.29, 1.82) is 5.41 Å². The van der Waals surface area contributed by atoms with Crippen molar-refractivity contribution in [1.82, 2.24) is 20.1 Å². The van der Waals surface area contributed by atoms with Gasteiger partial charge >= 0.3 is 0 Å². The molecule has 1 aliphatic heterocycles. The first kappa shape index (κ1) is 19.3. The van der Waals surface area contributed by atoms with Crippen molar-refractivity contribution in [2.45, 2.75) is 45.3 Å². The van der Waals surface area contributed by atoms with Gasteiger partial charge in [-0.25, -0.2) is 9.97 Å². The van der Waals surface area contributed by atoms with E-state index in [2.05, 4.69) is 25.0 Å². The van der Waals surface area contributed by atoms with Crippen LogP contribution in [0.25, 0.3) is 0 Å². The molecule has 1 aliphatic carbocycles. The van der Waals surface area contributed by atoms with Crippen molar-refractivity contribution < 1.29 is 9.26 Å². The Hall–Kier alpha value is -3.07. The lowest BCUT2D eigenvalue weighted by atomic mass is 9.93. The van der Waals surface area contributed by atoms with Crippen LogP contribution in [-0.2, 0) is 4.74 Å². The van der Waals surface area contributed by atoms with Crippen LogP contribution in [0, 0.1) is 12.3 Å². The summed E-state index contributed by atoms with van der Waals surface area (Å²) in [5.74, 6) is 3.01. The molecule has 1 fully saturated rings. The molecule has 0 bridgehead atoms. The van der Waals surface area contributed by atoms with Crippen LogP contribution in [0.2, 0.25) is 0 Å². The van der Waals surface area contributed by atoms with Gasteiger partial charge in [0, 0.05) is 25.2 Å². The van der Waals surface area contributed by atoms with Crippen LogP contribution in [0.3, 0.4) is 0 Å². The summed E-state index contributed by atoms with van der Waals surface area (Å²) in [5.41, 5.74) is 7.80. The molecule has 1 atom stereocenters. The Balaban J connectivity index is 1.48. The predicted octanol–water partition coefficient (Wildman–Crippen LogP) is 2.11. The molecular weight excluding hydrogens is 370 g/mol. The lowest BCUT2D eigenvalue weighted by molar-refractivity contribution is 0.155.